The molecule has 1 amide bonds. The van der Waals surface area contributed by atoms with Crippen LogP contribution in [0.3, 0.4) is 0 Å². The SMILES string of the molecule is CCOc1cc(=O)c(C(=O)N2CCCCCC2)nn1-c1ccc(OC)cc1. The lowest BCUT2D eigenvalue weighted by Crippen LogP contribution is -2.36. The number of aromatic nitrogens is 2. The van der Waals surface area contributed by atoms with E-state index in [1.807, 2.05) is 6.92 Å². The maximum Gasteiger partial charge on any atom is 0.278 e. The smallest absolute Gasteiger partial charge is 0.278 e. The number of hydrogen-bond donors (Lipinski definition) is 0. The Kier molecular flexibility index (Phi) is 6.11. The van der Waals surface area contributed by atoms with E-state index in [4.69, 9.17) is 9.47 Å². The summed E-state index contributed by atoms with van der Waals surface area (Å²) >= 11 is 0. The molecule has 3 rings (SSSR count). The minimum absolute atomic E-state index is 0.0730. The molecule has 0 spiro atoms. The Bertz CT molecular complexity index is 837. The van der Waals surface area contributed by atoms with Crippen LogP contribution < -0.4 is 14.9 Å². The molecular formula is C20H25N3O4. The first kappa shape index (κ1) is 18.9. The number of carbonyl (C=O) groups is 1. The zero-order valence-corrected chi connectivity index (χ0v) is 15.8. The first-order valence-corrected chi connectivity index (χ1v) is 9.35. The molecule has 7 heteroatoms. The van der Waals surface area contributed by atoms with Crippen molar-refractivity contribution in [3.63, 3.8) is 0 Å². The van der Waals surface area contributed by atoms with Gasteiger partial charge in [0.2, 0.25) is 11.3 Å². The van der Waals surface area contributed by atoms with Crippen molar-refractivity contribution >= 4 is 5.91 Å². The molecule has 27 heavy (non-hydrogen) atoms. The van der Waals surface area contributed by atoms with Gasteiger partial charge in [0.1, 0.15) is 5.75 Å². The number of amides is 1. The van der Waals surface area contributed by atoms with Crippen molar-refractivity contribution < 1.29 is 14.3 Å². The minimum Gasteiger partial charge on any atom is -0.497 e. The third kappa shape index (κ3) is 4.30. The molecule has 0 atom stereocenters. The van der Waals surface area contributed by atoms with E-state index in [0.29, 0.717) is 37.0 Å². The van der Waals surface area contributed by atoms with Crippen LogP contribution in [0.15, 0.2) is 35.1 Å². The van der Waals surface area contributed by atoms with Gasteiger partial charge in [-0.15, -0.1) is 0 Å². The Morgan fingerprint density at radius 2 is 1.78 bits per heavy atom. The highest BCUT2D eigenvalue weighted by Gasteiger charge is 2.23. The number of nitrogens with zero attached hydrogens (tertiary/aromatic N) is 3. The van der Waals surface area contributed by atoms with Crippen molar-refractivity contribution in [3.05, 3.63) is 46.2 Å². The highest BCUT2D eigenvalue weighted by atomic mass is 16.5. The summed E-state index contributed by atoms with van der Waals surface area (Å²) in [5.41, 5.74) is 0.192. The number of benzene rings is 1. The van der Waals surface area contributed by atoms with Crippen LogP contribution in [0.5, 0.6) is 11.6 Å². The van der Waals surface area contributed by atoms with Crippen molar-refractivity contribution in [3.8, 4) is 17.3 Å². The zero-order chi connectivity index (χ0) is 19.2. The van der Waals surface area contributed by atoms with Crippen LogP contribution in [-0.4, -0.2) is 47.4 Å². The fourth-order valence-corrected chi connectivity index (χ4v) is 3.17. The second kappa shape index (κ2) is 8.70. The quantitative estimate of drug-likeness (QED) is 0.808. The molecule has 0 saturated carbocycles. The maximum absolute atomic E-state index is 12.9. The van der Waals surface area contributed by atoms with Gasteiger partial charge in [-0.05, 0) is 44.0 Å². The molecule has 0 aliphatic carbocycles. The number of carbonyl (C=O) groups excluding carboxylic acids is 1. The molecule has 2 heterocycles. The highest BCUT2D eigenvalue weighted by molar-refractivity contribution is 5.92. The van der Waals surface area contributed by atoms with Crippen molar-refractivity contribution in [2.24, 2.45) is 0 Å². The Morgan fingerprint density at radius 3 is 2.37 bits per heavy atom. The van der Waals surface area contributed by atoms with Gasteiger partial charge in [0.05, 0.1) is 25.5 Å². The summed E-state index contributed by atoms with van der Waals surface area (Å²) in [6, 6.07) is 8.53. The predicted molar refractivity (Wildman–Crippen MR) is 102 cm³/mol. The minimum atomic E-state index is -0.419. The van der Waals surface area contributed by atoms with Crippen LogP contribution in [0.1, 0.15) is 43.1 Å². The molecule has 1 aliphatic heterocycles. The van der Waals surface area contributed by atoms with Crippen LogP contribution in [0.25, 0.3) is 5.69 Å². The molecule has 0 radical (unpaired) electrons. The number of ether oxygens (including phenoxy) is 2. The molecule has 144 valence electrons. The van der Waals surface area contributed by atoms with Gasteiger partial charge in [-0.2, -0.15) is 5.10 Å². The Labute approximate surface area is 158 Å². The van der Waals surface area contributed by atoms with Gasteiger partial charge < -0.3 is 14.4 Å². The standard InChI is InChI=1S/C20H25N3O4/c1-3-27-18-14-17(24)19(20(25)22-12-6-4-5-7-13-22)21-23(18)15-8-10-16(26-2)11-9-15/h8-11,14H,3-7,12-13H2,1-2H3. The lowest BCUT2D eigenvalue weighted by atomic mass is 10.2. The molecule has 1 aromatic carbocycles. The van der Waals surface area contributed by atoms with E-state index >= 15 is 0 Å². The van der Waals surface area contributed by atoms with Gasteiger partial charge in [-0.25, -0.2) is 4.68 Å². The number of hydrogen-bond acceptors (Lipinski definition) is 5. The van der Waals surface area contributed by atoms with Gasteiger partial charge in [0, 0.05) is 13.1 Å². The second-order valence-electron chi connectivity index (χ2n) is 6.44. The van der Waals surface area contributed by atoms with Crippen LogP contribution in [0, 0.1) is 0 Å². The summed E-state index contributed by atoms with van der Waals surface area (Å²) in [6.45, 7) is 3.54. The van der Waals surface area contributed by atoms with E-state index in [1.165, 1.54) is 10.7 Å². The van der Waals surface area contributed by atoms with Crippen molar-refractivity contribution in [2.75, 3.05) is 26.8 Å². The highest BCUT2D eigenvalue weighted by Crippen LogP contribution is 2.19. The normalized spacial score (nSPS) is 14.5. The van der Waals surface area contributed by atoms with Gasteiger partial charge in [-0.1, -0.05) is 12.8 Å². The van der Waals surface area contributed by atoms with E-state index in [-0.39, 0.29) is 11.6 Å². The largest absolute Gasteiger partial charge is 0.497 e. The Hall–Kier alpha value is -2.83. The van der Waals surface area contributed by atoms with E-state index in [9.17, 15) is 9.59 Å². The van der Waals surface area contributed by atoms with E-state index in [2.05, 4.69) is 5.10 Å². The van der Waals surface area contributed by atoms with Crippen molar-refractivity contribution in [1.29, 1.82) is 0 Å². The third-order valence-corrected chi connectivity index (χ3v) is 4.60. The summed E-state index contributed by atoms with van der Waals surface area (Å²) in [4.78, 5) is 27.2. The molecule has 0 bridgehead atoms. The van der Waals surface area contributed by atoms with Crippen LogP contribution >= 0.6 is 0 Å². The van der Waals surface area contributed by atoms with Gasteiger partial charge >= 0.3 is 0 Å². The van der Waals surface area contributed by atoms with Gasteiger partial charge in [0.15, 0.2) is 5.69 Å². The molecule has 2 aromatic rings. The number of likely N-dealkylation sites (tertiary alicyclic amines) is 1. The molecule has 1 saturated heterocycles. The second-order valence-corrected chi connectivity index (χ2v) is 6.44. The van der Waals surface area contributed by atoms with Gasteiger partial charge in [0.25, 0.3) is 5.91 Å². The fourth-order valence-electron chi connectivity index (χ4n) is 3.17. The average molecular weight is 371 g/mol. The molecule has 1 aliphatic rings. The summed E-state index contributed by atoms with van der Waals surface area (Å²) in [5, 5.41) is 4.37. The topological polar surface area (TPSA) is 73.7 Å². The first-order valence-electron chi connectivity index (χ1n) is 9.35. The molecular weight excluding hydrogens is 346 g/mol. The number of methoxy groups -OCH3 is 1. The lowest BCUT2D eigenvalue weighted by Gasteiger charge is -2.20. The third-order valence-electron chi connectivity index (χ3n) is 4.60. The van der Waals surface area contributed by atoms with Crippen molar-refractivity contribution in [1.82, 2.24) is 14.7 Å². The number of rotatable bonds is 5. The van der Waals surface area contributed by atoms with Crippen molar-refractivity contribution in [2.45, 2.75) is 32.6 Å². The van der Waals surface area contributed by atoms with E-state index in [1.54, 1.807) is 36.3 Å². The predicted octanol–water partition coefficient (Wildman–Crippen LogP) is 2.66. The first-order chi connectivity index (χ1) is 13.1. The zero-order valence-electron chi connectivity index (χ0n) is 15.8. The van der Waals surface area contributed by atoms with E-state index < -0.39 is 5.43 Å². The lowest BCUT2D eigenvalue weighted by molar-refractivity contribution is 0.0752. The Morgan fingerprint density at radius 1 is 1.11 bits per heavy atom. The summed E-state index contributed by atoms with van der Waals surface area (Å²) in [6.07, 6.45) is 4.12. The summed E-state index contributed by atoms with van der Waals surface area (Å²) < 4.78 is 12.3. The molecule has 1 aromatic heterocycles. The van der Waals surface area contributed by atoms with Crippen LogP contribution in [-0.2, 0) is 0 Å². The molecule has 0 N–H and O–H groups in total. The molecule has 7 nitrogen and oxygen atoms in total. The van der Waals surface area contributed by atoms with Crippen LogP contribution in [0.4, 0.5) is 0 Å². The molecule has 1 fully saturated rings. The fraction of sp³-hybridized carbons (Fsp3) is 0.450. The van der Waals surface area contributed by atoms with E-state index in [0.717, 1.165) is 25.7 Å². The summed E-state index contributed by atoms with van der Waals surface area (Å²) in [7, 11) is 1.59. The monoisotopic (exact) mass is 371 g/mol. The average Bonchev–Trinajstić information content (AvgIpc) is 2.98. The summed E-state index contributed by atoms with van der Waals surface area (Å²) in [5.74, 6) is 0.700. The molecule has 0 unspecified atom stereocenters. The maximum atomic E-state index is 12.9. The Balaban J connectivity index is 2.01. The van der Waals surface area contributed by atoms with Gasteiger partial charge in [-0.3, -0.25) is 9.59 Å². The van der Waals surface area contributed by atoms with Crippen LogP contribution in [0.2, 0.25) is 0 Å².